The van der Waals surface area contributed by atoms with Gasteiger partial charge in [-0.15, -0.1) is 11.3 Å². The fourth-order valence-electron chi connectivity index (χ4n) is 3.11. The molecule has 0 fully saturated rings. The summed E-state index contributed by atoms with van der Waals surface area (Å²) in [5.41, 5.74) is 7.33. The van der Waals surface area contributed by atoms with E-state index in [1.54, 1.807) is 23.7 Å². The van der Waals surface area contributed by atoms with E-state index in [0.29, 0.717) is 17.7 Å². The lowest BCUT2D eigenvalue weighted by atomic mass is 9.87. The van der Waals surface area contributed by atoms with Crippen molar-refractivity contribution in [2.24, 2.45) is 5.92 Å². The van der Waals surface area contributed by atoms with Gasteiger partial charge in [-0.2, -0.15) is 0 Å². The van der Waals surface area contributed by atoms with E-state index in [4.69, 9.17) is 0 Å². The molecule has 2 amide bonds. The second kappa shape index (κ2) is 8.25. The predicted molar refractivity (Wildman–Crippen MR) is 98.3 cm³/mol. The van der Waals surface area contributed by atoms with Crippen LogP contribution in [0.3, 0.4) is 0 Å². The maximum Gasteiger partial charge on any atom is 0.279 e. The average molecular weight is 357 g/mol. The molecule has 0 bridgehead atoms. The molecule has 1 aliphatic rings. The Kier molecular flexibility index (Phi) is 5.81. The Balaban J connectivity index is 1.48. The molecular weight excluding hydrogens is 334 g/mol. The van der Waals surface area contributed by atoms with Gasteiger partial charge in [0, 0.05) is 23.7 Å². The van der Waals surface area contributed by atoms with Gasteiger partial charge in [-0.3, -0.25) is 25.4 Å². The van der Waals surface area contributed by atoms with E-state index >= 15 is 0 Å². The number of aryl methyl sites for hydroxylation is 2. The Hall–Kier alpha value is -2.21. The van der Waals surface area contributed by atoms with Crippen molar-refractivity contribution in [3.05, 3.63) is 51.5 Å². The third-order valence-corrected chi connectivity index (χ3v) is 5.90. The van der Waals surface area contributed by atoms with Crippen molar-refractivity contribution in [1.82, 2.24) is 15.8 Å². The molecule has 0 unspecified atom stereocenters. The van der Waals surface area contributed by atoms with Crippen LogP contribution in [0.5, 0.6) is 0 Å². The van der Waals surface area contributed by atoms with E-state index in [9.17, 15) is 9.59 Å². The van der Waals surface area contributed by atoms with Gasteiger partial charge in [0.1, 0.15) is 0 Å². The number of rotatable bonds is 5. The third-order valence-electron chi connectivity index (χ3n) is 4.66. The SMILES string of the molecule is CC[C@H]1CCc2sc(C(=O)NNC(=O)CCc3cccnc3)cc2C1. The van der Waals surface area contributed by atoms with Gasteiger partial charge in [0.15, 0.2) is 0 Å². The highest BCUT2D eigenvalue weighted by Gasteiger charge is 2.22. The number of hydrogen-bond acceptors (Lipinski definition) is 4. The molecule has 5 nitrogen and oxygen atoms in total. The molecule has 25 heavy (non-hydrogen) atoms. The van der Waals surface area contributed by atoms with E-state index in [2.05, 4.69) is 22.8 Å². The molecule has 2 N–H and O–H groups in total. The Morgan fingerprint density at radius 1 is 1.36 bits per heavy atom. The van der Waals surface area contributed by atoms with Crippen LogP contribution in [-0.2, 0) is 24.1 Å². The zero-order valence-electron chi connectivity index (χ0n) is 14.4. The van der Waals surface area contributed by atoms with Crippen LogP contribution in [0.2, 0.25) is 0 Å². The summed E-state index contributed by atoms with van der Waals surface area (Å²) >= 11 is 1.55. The van der Waals surface area contributed by atoms with Crippen molar-refractivity contribution in [2.75, 3.05) is 0 Å². The molecule has 2 aromatic heterocycles. The maximum atomic E-state index is 12.3. The molecule has 6 heteroatoms. The summed E-state index contributed by atoms with van der Waals surface area (Å²) in [4.78, 5) is 30.2. The monoisotopic (exact) mass is 357 g/mol. The first-order valence-corrected chi connectivity index (χ1v) is 9.57. The Morgan fingerprint density at radius 3 is 3.00 bits per heavy atom. The molecule has 132 valence electrons. The van der Waals surface area contributed by atoms with Crippen molar-refractivity contribution in [3.63, 3.8) is 0 Å². The number of nitrogens with zero attached hydrogens (tertiary/aromatic N) is 1. The van der Waals surface area contributed by atoms with E-state index < -0.39 is 0 Å². The number of aromatic nitrogens is 1. The summed E-state index contributed by atoms with van der Waals surface area (Å²) in [5.74, 6) is 0.289. The summed E-state index contributed by atoms with van der Waals surface area (Å²) in [7, 11) is 0. The minimum Gasteiger partial charge on any atom is -0.273 e. The fraction of sp³-hybridized carbons (Fsp3) is 0.421. The highest BCUT2D eigenvalue weighted by Crippen LogP contribution is 2.33. The number of fused-ring (bicyclic) bond motifs is 1. The molecule has 1 atom stereocenters. The molecule has 0 spiro atoms. The summed E-state index contributed by atoms with van der Waals surface area (Å²) in [6.45, 7) is 2.22. The molecule has 2 aromatic rings. The van der Waals surface area contributed by atoms with Crippen LogP contribution < -0.4 is 10.9 Å². The van der Waals surface area contributed by atoms with Gasteiger partial charge in [0.05, 0.1) is 4.88 Å². The predicted octanol–water partition coefficient (Wildman–Crippen LogP) is 3.05. The molecule has 0 saturated carbocycles. The van der Waals surface area contributed by atoms with Crippen LogP contribution in [-0.4, -0.2) is 16.8 Å². The van der Waals surface area contributed by atoms with Crippen molar-refractivity contribution < 1.29 is 9.59 Å². The molecule has 0 radical (unpaired) electrons. The first-order valence-electron chi connectivity index (χ1n) is 8.75. The number of carbonyl (C=O) groups excluding carboxylic acids is 2. The third kappa shape index (κ3) is 4.66. The summed E-state index contributed by atoms with van der Waals surface area (Å²) in [5, 5.41) is 0. The molecule has 0 aliphatic heterocycles. The van der Waals surface area contributed by atoms with Crippen LogP contribution in [0.25, 0.3) is 0 Å². The van der Waals surface area contributed by atoms with Crippen molar-refractivity contribution in [1.29, 1.82) is 0 Å². The second-order valence-corrected chi connectivity index (χ2v) is 7.58. The lowest BCUT2D eigenvalue weighted by Crippen LogP contribution is -2.41. The molecule has 0 aromatic carbocycles. The van der Waals surface area contributed by atoms with Crippen LogP contribution in [0.15, 0.2) is 30.6 Å². The minimum absolute atomic E-state index is 0.204. The zero-order chi connectivity index (χ0) is 17.6. The molecule has 2 heterocycles. The van der Waals surface area contributed by atoms with Crippen molar-refractivity contribution in [3.8, 4) is 0 Å². The molecule has 0 saturated heterocycles. The lowest BCUT2D eigenvalue weighted by molar-refractivity contribution is -0.121. The van der Waals surface area contributed by atoms with Gasteiger partial charge >= 0.3 is 0 Å². The number of hydrazine groups is 1. The quantitative estimate of drug-likeness (QED) is 0.808. The van der Waals surface area contributed by atoms with Gasteiger partial charge in [-0.05, 0) is 54.9 Å². The number of thiophene rings is 1. The largest absolute Gasteiger partial charge is 0.279 e. The van der Waals surface area contributed by atoms with E-state index in [1.807, 2.05) is 18.2 Å². The number of hydrogen-bond donors (Lipinski definition) is 2. The second-order valence-electron chi connectivity index (χ2n) is 6.44. The fourth-order valence-corrected chi connectivity index (χ4v) is 4.22. The smallest absolute Gasteiger partial charge is 0.273 e. The van der Waals surface area contributed by atoms with E-state index in [0.717, 1.165) is 24.3 Å². The Bertz CT molecular complexity index is 742. The lowest BCUT2D eigenvalue weighted by Gasteiger charge is -2.19. The standard InChI is InChI=1S/C19H23N3O2S/c1-2-13-5-7-16-15(10-13)11-17(25-16)19(24)22-21-18(23)8-6-14-4-3-9-20-12-14/h3-4,9,11-13H,2,5-8,10H2,1H3,(H,21,23)(H,22,24)/t13-/m0/s1. The van der Waals surface area contributed by atoms with Gasteiger partial charge in [0.25, 0.3) is 5.91 Å². The van der Waals surface area contributed by atoms with Gasteiger partial charge in [-0.1, -0.05) is 19.4 Å². The number of nitrogens with one attached hydrogen (secondary N) is 2. The summed E-state index contributed by atoms with van der Waals surface area (Å²) in [6.07, 6.45) is 8.86. The van der Waals surface area contributed by atoms with Gasteiger partial charge in [0.2, 0.25) is 5.91 Å². The minimum atomic E-state index is -0.234. The van der Waals surface area contributed by atoms with Crippen LogP contribution >= 0.6 is 11.3 Å². The van der Waals surface area contributed by atoms with Gasteiger partial charge in [-0.25, -0.2) is 0 Å². The average Bonchev–Trinajstić information content (AvgIpc) is 3.08. The Labute approximate surface area is 151 Å². The maximum absolute atomic E-state index is 12.3. The van der Waals surface area contributed by atoms with E-state index in [-0.39, 0.29) is 11.8 Å². The first kappa shape index (κ1) is 17.6. The highest BCUT2D eigenvalue weighted by atomic mass is 32.1. The number of pyridine rings is 1. The summed E-state index contributed by atoms with van der Waals surface area (Å²) < 4.78 is 0. The normalized spacial score (nSPS) is 16.1. The summed E-state index contributed by atoms with van der Waals surface area (Å²) in [6, 6.07) is 5.76. The topological polar surface area (TPSA) is 71.1 Å². The van der Waals surface area contributed by atoms with Crippen LogP contribution in [0.1, 0.15) is 51.9 Å². The van der Waals surface area contributed by atoms with E-state index in [1.165, 1.54) is 23.3 Å². The van der Waals surface area contributed by atoms with Crippen molar-refractivity contribution in [2.45, 2.75) is 45.4 Å². The van der Waals surface area contributed by atoms with Crippen LogP contribution in [0.4, 0.5) is 0 Å². The Morgan fingerprint density at radius 2 is 2.24 bits per heavy atom. The number of amides is 2. The zero-order valence-corrected chi connectivity index (χ0v) is 15.2. The molecule has 3 rings (SSSR count). The number of carbonyl (C=O) groups is 2. The van der Waals surface area contributed by atoms with Crippen molar-refractivity contribution >= 4 is 23.2 Å². The first-order chi connectivity index (χ1) is 12.2. The highest BCUT2D eigenvalue weighted by molar-refractivity contribution is 7.14. The molecular formula is C19H23N3O2S. The molecule has 1 aliphatic carbocycles. The van der Waals surface area contributed by atoms with Gasteiger partial charge < -0.3 is 0 Å². The van der Waals surface area contributed by atoms with Crippen LogP contribution in [0, 0.1) is 5.92 Å².